The molecule has 1 saturated heterocycles. The molecule has 1 aliphatic rings. The van der Waals surface area contributed by atoms with Crippen molar-refractivity contribution >= 4 is 34.6 Å². The van der Waals surface area contributed by atoms with Crippen LogP contribution >= 0.6 is 0 Å². The number of anilines is 1. The van der Waals surface area contributed by atoms with Gasteiger partial charge in [0.05, 0.1) is 16.8 Å². The first-order valence-electron chi connectivity index (χ1n) is 12.7. The van der Waals surface area contributed by atoms with E-state index >= 15 is 0 Å². The maximum absolute atomic E-state index is 14.0. The average molecular weight is 550 g/mol. The Balaban J connectivity index is 1.35. The molecule has 0 aliphatic carbocycles. The average Bonchev–Trinajstić information content (AvgIpc) is 3.38. The molecule has 8 nitrogen and oxygen atoms in total. The van der Waals surface area contributed by atoms with Gasteiger partial charge in [-0.2, -0.15) is 13.2 Å². The molecule has 1 fully saturated rings. The highest BCUT2D eigenvalue weighted by molar-refractivity contribution is 5.95. The molecular weight excluding hydrogens is 523 g/mol. The van der Waals surface area contributed by atoms with E-state index < -0.39 is 11.7 Å². The van der Waals surface area contributed by atoms with Gasteiger partial charge in [0.1, 0.15) is 17.2 Å². The molecule has 0 bridgehead atoms. The van der Waals surface area contributed by atoms with E-state index in [1.807, 2.05) is 0 Å². The topological polar surface area (TPSA) is 114 Å². The van der Waals surface area contributed by atoms with Crippen LogP contribution in [0, 0.1) is 0 Å². The van der Waals surface area contributed by atoms with Crippen LogP contribution in [0.2, 0.25) is 0 Å². The van der Waals surface area contributed by atoms with Gasteiger partial charge < -0.3 is 20.4 Å². The normalized spacial score (nSPS) is 14.2. The Kier molecular flexibility index (Phi) is 7.65. The second-order valence-electron chi connectivity index (χ2n) is 9.44. The van der Waals surface area contributed by atoms with Gasteiger partial charge in [0, 0.05) is 62.4 Å². The van der Waals surface area contributed by atoms with Gasteiger partial charge in [0.25, 0.3) is 5.91 Å². The molecule has 3 N–H and O–H groups in total. The van der Waals surface area contributed by atoms with E-state index in [-0.39, 0.29) is 46.8 Å². The van der Waals surface area contributed by atoms with Crippen molar-refractivity contribution in [1.29, 1.82) is 0 Å². The van der Waals surface area contributed by atoms with Gasteiger partial charge in [-0.3, -0.25) is 14.6 Å². The number of hydrogen-bond acceptors (Lipinski definition) is 7. The van der Waals surface area contributed by atoms with Crippen molar-refractivity contribution in [2.45, 2.75) is 19.0 Å². The number of benzene rings is 1. The third-order valence-electron chi connectivity index (χ3n) is 6.57. The number of hydrogen-bond donors (Lipinski definition) is 2. The molecule has 1 aliphatic heterocycles. The summed E-state index contributed by atoms with van der Waals surface area (Å²) < 4.78 is 47.5. The number of aromatic nitrogens is 2. The lowest BCUT2D eigenvalue weighted by molar-refractivity contribution is -0.136. The molecule has 11 heteroatoms. The fourth-order valence-corrected chi connectivity index (χ4v) is 4.46. The SMILES string of the molecule is Nc1ccc(/C=C/C(=O)CCc2cc3cc(-c4ccc(C(=O)N5CCNCC5)cn4)cc(C(F)(F)F)c3o2)cn1. The zero-order valence-corrected chi connectivity index (χ0v) is 21.4. The minimum absolute atomic E-state index is 0.0526. The highest BCUT2D eigenvalue weighted by atomic mass is 19.4. The highest BCUT2D eigenvalue weighted by Gasteiger charge is 2.35. The summed E-state index contributed by atoms with van der Waals surface area (Å²) in [5.41, 5.74) is 5.92. The quantitative estimate of drug-likeness (QED) is 0.320. The van der Waals surface area contributed by atoms with Crippen molar-refractivity contribution in [2.24, 2.45) is 0 Å². The van der Waals surface area contributed by atoms with Gasteiger partial charge >= 0.3 is 6.18 Å². The Morgan fingerprint density at radius 2 is 1.85 bits per heavy atom. The molecule has 1 aromatic carbocycles. The van der Waals surface area contributed by atoms with Crippen LogP contribution in [0.1, 0.15) is 33.7 Å². The summed E-state index contributed by atoms with van der Waals surface area (Å²) >= 11 is 0. The van der Waals surface area contributed by atoms with Crippen LogP contribution in [0.5, 0.6) is 0 Å². The Hall–Kier alpha value is -4.51. The van der Waals surface area contributed by atoms with E-state index in [1.165, 1.54) is 24.5 Å². The van der Waals surface area contributed by atoms with E-state index in [0.717, 1.165) is 6.07 Å². The summed E-state index contributed by atoms with van der Waals surface area (Å²) in [6.45, 7) is 2.57. The first-order valence-corrected chi connectivity index (χ1v) is 12.7. The number of aryl methyl sites for hydroxylation is 1. The standard InChI is InChI=1S/C29H26F3N5O3/c30-29(31,32)24-15-20(25-7-3-19(17-35-25)28(39)37-11-9-34-10-12-37)13-21-14-23(40-27(21)24)6-5-22(38)4-1-18-2-8-26(33)36-16-18/h1-4,7-8,13-17,34H,5-6,9-12H2,(H2,33,36)/b4-1+. The largest absolute Gasteiger partial charge is 0.460 e. The van der Waals surface area contributed by atoms with Crippen LogP contribution in [-0.2, 0) is 17.4 Å². The minimum Gasteiger partial charge on any atom is -0.460 e. The number of piperazine rings is 1. The number of ketones is 1. The Morgan fingerprint density at radius 3 is 2.52 bits per heavy atom. The third-order valence-corrected chi connectivity index (χ3v) is 6.57. The van der Waals surface area contributed by atoms with Crippen molar-refractivity contribution < 1.29 is 27.2 Å². The van der Waals surface area contributed by atoms with Crippen LogP contribution in [-0.4, -0.2) is 52.7 Å². The molecule has 3 aromatic heterocycles. The summed E-state index contributed by atoms with van der Waals surface area (Å²) in [6.07, 6.45) is 1.41. The fourth-order valence-electron chi connectivity index (χ4n) is 4.46. The molecular formula is C29H26F3N5O3. The van der Waals surface area contributed by atoms with E-state index in [2.05, 4.69) is 15.3 Å². The maximum Gasteiger partial charge on any atom is 0.420 e. The van der Waals surface area contributed by atoms with Crippen molar-refractivity contribution in [2.75, 3.05) is 31.9 Å². The van der Waals surface area contributed by atoms with E-state index in [0.29, 0.717) is 48.8 Å². The number of nitrogens with two attached hydrogens (primary N) is 1. The van der Waals surface area contributed by atoms with Gasteiger partial charge in [0.2, 0.25) is 0 Å². The summed E-state index contributed by atoms with van der Waals surface area (Å²) in [4.78, 5) is 35.0. The molecule has 0 radical (unpaired) electrons. The van der Waals surface area contributed by atoms with Crippen LogP contribution < -0.4 is 11.1 Å². The lowest BCUT2D eigenvalue weighted by atomic mass is 10.0. The second kappa shape index (κ2) is 11.3. The fraction of sp³-hybridized carbons (Fsp3) is 0.241. The van der Waals surface area contributed by atoms with Crippen molar-refractivity contribution in [1.82, 2.24) is 20.2 Å². The van der Waals surface area contributed by atoms with Crippen molar-refractivity contribution in [3.8, 4) is 11.3 Å². The smallest absolute Gasteiger partial charge is 0.420 e. The predicted molar refractivity (Wildman–Crippen MR) is 144 cm³/mol. The number of nitrogens with one attached hydrogen (secondary N) is 1. The van der Waals surface area contributed by atoms with Crippen LogP contribution in [0.4, 0.5) is 19.0 Å². The van der Waals surface area contributed by atoms with Crippen molar-refractivity contribution in [3.63, 3.8) is 0 Å². The van der Waals surface area contributed by atoms with E-state index in [4.69, 9.17) is 10.2 Å². The lowest BCUT2D eigenvalue weighted by Crippen LogP contribution is -2.46. The summed E-state index contributed by atoms with van der Waals surface area (Å²) in [7, 11) is 0. The number of carbonyl (C=O) groups is 2. The number of allylic oxidation sites excluding steroid dienone is 1. The van der Waals surface area contributed by atoms with Crippen LogP contribution in [0.25, 0.3) is 28.3 Å². The first-order chi connectivity index (χ1) is 19.2. The predicted octanol–water partition coefficient (Wildman–Crippen LogP) is 4.75. The first kappa shape index (κ1) is 27.1. The summed E-state index contributed by atoms with van der Waals surface area (Å²) in [5, 5.41) is 3.43. The highest BCUT2D eigenvalue weighted by Crippen LogP contribution is 2.39. The summed E-state index contributed by atoms with van der Waals surface area (Å²) in [6, 6.07) is 10.5. The number of alkyl halides is 3. The molecule has 0 unspecified atom stereocenters. The number of amides is 1. The third kappa shape index (κ3) is 6.20. The van der Waals surface area contributed by atoms with Gasteiger partial charge in [-0.25, -0.2) is 4.98 Å². The van der Waals surface area contributed by atoms with E-state index in [1.54, 1.807) is 41.3 Å². The molecule has 0 spiro atoms. The number of nitrogens with zero attached hydrogens (tertiary/aromatic N) is 3. The molecule has 1 amide bonds. The van der Waals surface area contributed by atoms with Crippen LogP contribution in [0.3, 0.4) is 0 Å². The Morgan fingerprint density at radius 1 is 1.05 bits per heavy atom. The molecule has 4 heterocycles. The van der Waals surface area contributed by atoms with Gasteiger partial charge in [0.15, 0.2) is 5.78 Å². The second-order valence-corrected chi connectivity index (χ2v) is 9.44. The zero-order valence-electron chi connectivity index (χ0n) is 21.4. The number of nitrogen functional groups attached to an aromatic ring is 1. The molecule has 206 valence electrons. The number of furan rings is 1. The molecule has 0 saturated carbocycles. The Labute approximate surface area is 227 Å². The number of fused-ring (bicyclic) bond motifs is 1. The Bertz CT molecular complexity index is 1560. The van der Waals surface area contributed by atoms with Gasteiger partial charge in [-0.1, -0.05) is 0 Å². The molecule has 0 atom stereocenters. The van der Waals surface area contributed by atoms with Gasteiger partial charge in [-0.15, -0.1) is 0 Å². The summed E-state index contributed by atoms with van der Waals surface area (Å²) in [5.74, 6) is 0.247. The van der Waals surface area contributed by atoms with Crippen LogP contribution in [0.15, 0.2) is 65.4 Å². The number of rotatable bonds is 7. The number of halogens is 3. The van der Waals surface area contributed by atoms with Gasteiger partial charge in [-0.05, 0) is 60.2 Å². The minimum atomic E-state index is -4.67. The lowest BCUT2D eigenvalue weighted by Gasteiger charge is -2.27. The monoisotopic (exact) mass is 549 g/mol. The number of pyridine rings is 2. The van der Waals surface area contributed by atoms with E-state index in [9.17, 15) is 22.8 Å². The molecule has 40 heavy (non-hydrogen) atoms. The van der Waals surface area contributed by atoms with Crippen molar-refractivity contribution in [3.05, 3.63) is 83.4 Å². The number of carbonyl (C=O) groups excluding carboxylic acids is 2. The molecule has 4 aromatic rings. The molecule has 5 rings (SSSR count). The zero-order chi connectivity index (χ0) is 28.3. The maximum atomic E-state index is 14.0.